The molecule has 0 bridgehead atoms. The first-order chi connectivity index (χ1) is 6.75. The summed E-state index contributed by atoms with van der Waals surface area (Å²) in [4.78, 5) is 0. The van der Waals surface area contributed by atoms with Crippen molar-refractivity contribution in [1.29, 1.82) is 0 Å². The second-order valence-electron chi connectivity index (χ2n) is 3.93. The van der Waals surface area contributed by atoms with Crippen LogP contribution in [0.2, 0.25) is 0 Å². The van der Waals surface area contributed by atoms with Crippen LogP contribution in [0, 0.1) is 0 Å². The molecule has 1 N–H and O–H groups in total. The Balaban J connectivity index is 1.97. The summed E-state index contributed by atoms with van der Waals surface area (Å²) in [6.07, 6.45) is 2.39. The number of hydrogen-bond donors (Lipinski definition) is 1. The Morgan fingerprint density at radius 1 is 1.43 bits per heavy atom. The summed E-state index contributed by atoms with van der Waals surface area (Å²) in [6.45, 7) is 2.18. The molecule has 0 aliphatic heterocycles. The number of aromatic nitrogens is 5. The van der Waals surface area contributed by atoms with Crippen molar-refractivity contribution in [3.63, 3.8) is 0 Å². The van der Waals surface area contributed by atoms with Crippen molar-refractivity contribution in [1.82, 2.24) is 25.3 Å². The first kappa shape index (κ1) is 7.66. The predicted octanol–water partition coefficient (Wildman–Crippen LogP) is 0.484. The van der Waals surface area contributed by atoms with Gasteiger partial charge in [-0.3, -0.25) is 0 Å². The minimum absolute atomic E-state index is 0.231. The molecule has 2 aromatic rings. The van der Waals surface area contributed by atoms with Gasteiger partial charge in [-0.25, -0.2) is 0 Å². The molecule has 0 atom stereocenters. The third-order valence-corrected chi connectivity index (χ3v) is 2.50. The largest absolute Gasteiger partial charge is 0.363 e. The molecule has 0 amide bonds. The zero-order chi connectivity index (χ0) is 9.60. The van der Waals surface area contributed by atoms with Crippen LogP contribution in [0.1, 0.15) is 19.8 Å². The lowest BCUT2D eigenvalue weighted by Crippen LogP contribution is -2.17. The van der Waals surface area contributed by atoms with Crippen molar-refractivity contribution in [3.05, 3.63) is 12.1 Å². The molecule has 1 aliphatic rings. The Kier molecular flexibility index (Phi) is 1.31. The topological polar surface area (TPSA) is 68.0 Å². The van der Waals surface area contributed by atoms with Gasteiger partial charge in [0.25, 0.3) is 0 Å². The Morgan fingerprint density at radius 3 is 3.07 bits per heavy atom. The van der Waals surface area contributed by atoms with E-state index in [0.717, 1.165) is 5.82 Å². The van der Waals surface area contributed by atoms with Crippen molar-refractivity contribution >= 4 is 11.5 Å². The van der Waals surface area contributed by atoms with Gasteiger partial charge in [0.05, 0.1) is 0 Å². The highest BCUT2D eigenvalue weighted by Gasteiger charge is 2.37. The number of hydrogen-bond acceptors (Lipinski definition) is 5. The van der Waals surface area contributed by atoms with E-state index in [4.69, 9.17) is 0 Å². The van der Waals surface area contributed by atoms with Gasteiger partial charge in [-0.2, -0.15) is 0 Å². The Morgan fingerprint density at radius 2 is 2.29 bits per heavy atom. The van der Waals surface area contributed by atoms with Crippen LogP contribution in [0.3, 0.4) is 0 Å². The SMILES string of the molecule is CC1(Nc2ccc3nnnn3n2)CC1. The minimum Gasteiger partial charge on any atom is -0.363 e. The summed E-state index contributed by atoms with van der Waals surface area (Å²) >= 11 is 0. The molecule has 2 aromatic heterocycles. The summed E-state index contributed by atoms with van der Waals surface area (Å²) < 4.78 is 1.42. The zero-order valence-electron chi connectivity index (χ0n) is 7.80. The van der Waals surface area contributed by atoms with Gasteiger partial charge < -0.3 is 5.32 Å². The first-order valence-electron chi connectivity index (χ1n) is 4.59. The van der Waals surface area contributed by atoms with E-state index in [0.29, 0.717) is 5.65 Å². The molecule has 6 heteroatoms. The number of nitrogens with one attached hydrogen (secondary N) is 1. The monoisotopic (exact) mass is 190 g/mol. The quantitative estimate of drug-likeness (QED) is 0.746. The number of fused-ring (bicyclic) bond motifs is 1. The molecule has 1 fully saturated rings. The summed E-state index contributed by atoms with van der Waals surface area (Å²) in [6, 6.07) is 3.75. The van der Waals surface area contributed by atoms with Crippen molar-refractivity contribution in [2.75, 3.05) is 5.32 Å². The lowest BCUT2D eigenvalue weighted by Gasteiger charge is -2.10. The van der Waals surface area contributed by atoms with Crippen LogP contribution < -0.4 is 5.32 Å². The molecule has 6 nitrogen and oxygen atoms in total. The fourth-order valence-corrected chi connectivity index (χ4v) is 1.34. The van der Waals surface area contributed by atoms with E-state index < -0.39 is 0 Å². The second kappa shape index (κ2) is 2.40. The predicted molar refractivity (Wildman–Crippen MR) is 49.8 cm³/mol. The average molecular weight is 190 g/mol. The van der Waals surface area contributed by atoms with E-state index in [2.05, 4.69) is 32.9 Å². The second-order valence-corrected chi connectivity index (χ2v) is 3.93. The van der Waals surface area contributed by atoms with E-state index in [1.165, 1.54) is 17.5 Å². The summed E-state index contributed by atoms with van der Waals surface area (Å²) in [5, 5.41) is 18.6. The van der Waals surface area contributed by atoms with E-state index in [-0.39, 0.29) is 5.54 Å². The number of anilines is 1. The normalized spacial score (nSPS) is 18.4. The standard InChI is InChI=1S/C8H10N6/c1-8(4-5-8)9-6-2-3-7-10-12-13-14(7)11-6/h2-3H,4-5H2,1H3,(H,9,11). The van der Waals surface area contributed by atoms with Crippen molar-refractivity contribution in [3.8, 4) is 0 Å². The summed E-state index contributed by atoms with van der Waals surface area (Å²) in [7, 11) is 0. The minimum atomic E-state index is 0.231. The smallest absolute Gasteiger partial charge is 0.200 e. The van der Waals surface area contributed by atoms with Crippen LogP contribution in [0.5, 0.6) is 0 Å². The maximum absolute atomic E-state index is 4.23. The van der Waals surface area contributed by atoms with E-state index in [1.807, 2.05) is 12.1 Å². The lowest BCUT2D eigenvalue weighted by molar-refractivity contribution is 0.723. The first-order valence-corrected chi connectivity index (χ1v) is 4.59. The molecule has 0 saturated heterocycles. The zero-order valence-corrected chi connectivity index (χ0v) is 7.80. The van der Waals surface area contributed by atoms with Crippen LogP contribution in [0.25, 0.3) is 5.65 Å². The van der Waals surface area contributed by atoms with Crippen LogP contribution in [-0.4, -0.2) is 30.8 Å². The van der Waals surface area contributed by atoms with Gasteiger partial charge in [0.2, 0.25) is 0 Å². The highest BCUT2D eigenvalue weighted by molar-refractivity contribution is 5.44. The summed E-state index contributed by atoms with van der Waals surface area (Å²) in [5.41, 5.74) is 0.894. The maximum atomic E-state index is 4.23. The highest BCUT2D eigenvalue weighted by atomic mass is 15.6. The molecular formula is C8H10N6. The third kappa shape index (κ3) is 1.19. The molecule has 0 radical (unpaired) electrons. The summed E-state index contributed by atoms with van der Waals surface area (Å²) in [5.74, 6) is 0.824. The average Bonchev–Trinajstić information content (AvgIpc) is 2.73. The maximum Gasteiger partial charge on any atom is 0.200 e. The molecule has 14 heavy (non-hydrogen) atoms. The van der Waals surface area contributed by atoms with Gasteiger partial charge in [0.15, 0.2) is 5.65 Å². The van der Waals surface area contributed by atoms with Gasteiger partial charge in [-0.15, -0.1) is 14.8 Å². The van der Waals surface area contributed by atoms with E-state index >= 15 is 0 Å². The molecule has 1 aliphatic carbocycles. The third-order valence-electron chi connectivity index (χ3n) is 2.50. The fourth-order valence-electron chi connectivity index (χ4n) is 1.34. The molecule has 0 spiro atoms. The molecule has 72 valence electrons. The number of tetrazole rings is 1. The lowest BCUT2D eigenvalue weighted by atomic mass is 10.3. The van der Waals surface area contributed by atoms with Gasteiger partial charge >= 0.3 is 0 Å². The van der Waals surface area contributed by atoms with Crippen molar-refractivity contribution in [2.45, 2.75) is 25.3 Å². The van der Waals surface area contributed by atoms with Crippen molar-refractivity contribution < 1.29 is 0 Å². The van der Waals surface area contributed by atoms with E-state index in [1.54, 1.807) is 0 Å². The van der Waals surface area contributed by atoms with Crippen molar-refractivity contribution in [2.24, 2.45) is 0 Å². The number of nitrogens with zero attached hydrogens (tertiary/aromatic N) is 5. The highest BCUT2D eigenvalue weighted by Crippen LogP contribution is 2.37. The molecule has 2 heterocycles. The van der Waals surface area contributed by atoms with Crippen LogP contribution in [-0.2, 0) is 0 Å². The van der Waals surface area contributed by atoms with Gasteiger partial charge in [-0.05, 0) is 42.3 Å². The van der Waals surface area contributed by atoms with Crippen LogP contribution in [0.4, 0.5) is 5.82 Å². The number of rotatable bonds is 2. The van der Waals surface area contributed by atoms with Crippen LogP contribution in [0.15, 0.2) is 12.1 Å². The van der Waals surface area contributed by atoms with Gasteiger partial charge in [0.1, 0.15) is 5.82 Å². The Hall–Kier alpha value is -1.72. The van der Waals surface area contributed by atoms with E-state index in [9.17, 15) is 0 Å². The Labute approximate surface area is 80.3 Å². The van der Waals surface area contributed by atoms with Crippen LogP contribution >= 0.6 is 0 Å². The molecule has 0 aromatic carbocycles. The molecule has 0 unspecified atom stereocenters. The van der Waals surface area contributed by atoms with Gasteiger partial charge in [-0.1, -0.05) is 0 Å². The fraction of sp³-hybridized carbons (Fsp3) is 0.500. The molecule has 1 saturated carbocycles. The molecule has 3 rings (SSSR count). The molecular weight excluding hydrogens is 180 g/mol. The van der Waals surface area contributed by atoms with Gasteiger partial charge in [0, 0.05) is 5.54 Å². The Bertz CT molecular complexity index is 471.